The van der Waals surface area contributed by atoms with Crippen molar-refractivity contribution >= 4 is 0 Å². The number of hydrogen-bond acceptors (Lipinski definition) is 8. The van der Waals surface area contributed by atoms with Crippen molar-refractivity contribution in [2.75, 3.05) is 41.7 Å². The second-order valence-corrected chi connectivity index (χ2v) is 7.38. The van der Waals surface area contributed by atoms with E-state index in [0.29, 0.717) is 36.2 Å². The van der Waals surface area contributed by atoms with E-state index in [0.717, 1.165) is 11.1 Å². The molecule has 0 saturated carbocycles. The first kappa shape index (κ1) is 20.4. The fourth-order valence-electron chi connectivity index (χ4n) is 4.39. The summed E-state index contributed by atoms with van der Waals surface area (Å²) < 4.78 is 33.4. The quantitative estimate of drug-likeness (QED) is 0.738. The van der Waals surface area contributed by atoms with E-state index in [1.165, 1.54) is 28.4 Å². The van der Waals surface area contributed by atoms with E-state index in [2.05, 4.69) is 0 Å². The minimum Gasteiger partial charge on any atom is -0.502 e. The highest BCUT2D eigenvalue weighted by Crippen LogP contribution is 2.53. The van der Waals surface area contributed by atoms with Crippen molar-refractivity contribution in [3.8, 4) is 34.5 Å². The van der Waals surface area contributed by atoms with Gasteiger partial charge in [-0.1, -0.05) is 0 Å². The zero-order chi connectivity index (χ0) is 21.4. The smallest absolute Gasteiger partial charge is 0.200 e. The van der Waals surface area contributed by atoms with Gasteiger partial charge in [-0.2, -0.15) is 0 Å². The standard InChI is InChI=1S/C22H26O8/c1-25-15-5-11(6-16(26-2)19(15)23)21-13-9-30-22(14(13)10-29-21)12-7-17(27-3)20(24)18(8-12)28-4/h5-8,13-14,21-24H,9-10H2,1-4H3/t13-,14-,21-,22+/m0/s1. The summed E-state index contributed by atoms with van der Waals surface area (Å²) in [5, 5.41) is 20.4. The second-order valence-electron chi connectivity index (χ2n) is 7.38. The average Bonchev–Trinajstić information content (AvgIpc) is 3.36. The van der Waals surface area contributed by atoms with Gasteiger partial charge in [-0.3, -0.25) is 0 Å². The Bertz CT molecular complexity index is 802. The summed E-state index contributed by atoms with van der Waals surface area (Å²) in [5.74, 6) is 1.48. The molecular formula is C22H26O8. The van der Waals surface area contributed by atoms with Gasteiger partial charge in [-0.15, -0.1) is 0 Å². The predicted octanol–water partition coefficient (Wildman–Crippen LogP) is 3.21. The summed E-state index contributed by atoms with van der Waals surface area (Å²) >= 11 is 0. The molecule has 2 aromatic rings. The summed E-state index contributed by atoms with van der Waals surface area (Å²) in [7, 11) is 5.99. The highest BCUT2D eigenvalue weighted by Gasteiger charge is 2.48. The molecule has 2 aliphatic rings. The van der Waals surface area contributed by atoms with Crippen molar-refractivity contribution in [2.45, 2.75) is 12.2 Å². The zero-order valence-electron chi connectivity index (χ0n) is 17.4. The van der Waals surface area contributed by atoms with Crippen LogP contribution in [-0.4, -0.2) is 51.9 Å². The largest absolute Gasteiger partial charge is 0.502 e. The van der Waals surface area contributed by atoms with Crippen molar-refractivity contribution in [1.82, 2.24) is 0 Å². The number of rotatable bonds is 6. The topological polar surface area (TPSA) is 95.8 Å². The lowest BCUT2D eigenvalue weighted by atomic mass is 9.84. The van der Waals surface area contributed by atoms with Gasteiger partial charge in [-0.25, -0.2) is 0 Å². The van der Waals surface area contributed by atoms with Crippen LogP contribution in [0, 0.1) is 11.8 Å². The fraction of sp³-hybridized carbons (Fsp3) is 0.455. The van der Waals surface area contributed by atoms with E-state index in [9.17, 15) is 10.2 Å². The molecule has 2 heterocycles. The van der Waals surface area contributed by atoms with Crippen molar-refractivity contribution in [3.05, 3.63) is 35.4 Å². The molecule has 0 unspecified atom stereocenters. The Hall–Kier alpha value is -2.84. The van der Waals surface area contributed by atoms with Gasteiger partial charge >= 0.3 is 0 Å². The van der Waals surface area contributed by atoms with Crippen LogP contribution in [0.2, 0.25) is 0 Å². The molecule has 0 spiro atoms. The minimum atomic E-state index is -0.218. The molecule has 2 aromatic carbocycles. The van der Waals surface area contributed by atoms with Crippen molar-refractivity contribution in [3.63, 3.8) is 0 Å². The lowest BCUT2D eigenvalue weighted by Gasteiger charge is -2.19. The first-order valence-electron chi connectivity index (χ1n) is 9.65. The van der Waals surface area contributed by atoms with Crippen molar-refractivity contribution in [2.24, 2.45) is 11.8 Å². The molecule has 0 aliphatic carbocycles. The molecule has 30 heavy (non-hydrogen) atoms. The molecule has 4 atom stereocenters. The molecule has 0 amide bonds. The summed E-state index contributed by atoms with van der Waals surface area (Å²) in [6.45, 7) is 1.02. The Morgan fingerprint density at radius 2 is 0.933 bits per heavy atom. The Labute approximate surface area is 174 Å². The molecule has 162 valence electrons. The molecular weight excluding hydrogens is 392 g/mol. The van der Waals surface area contributed by atoms with Gasteiger partial charge in [0.2, 0.25) is 11.5 Å². The monoisotopic (exact) mass is 418 g/mol. The van der Waals surface area contributed by atoms with Gasteiger partial charge in [0.1, 0.15) is 0 Å². The molecule has 8 heteroatoms. The molecule has 2 N–H and O–H groups in total. The molecule has 0 bridgehead atoms. The van der Waals surface area contributed by atoms with Crippen LogP contribution >= 0.6 is 0 Å². The van der Waals surface area contributed by atoms with E-state index in [1.807, 2.05) is 0 Å². The molecule has 8 nitrogen and oxygen atoms in total. The molecule has 0 aromatic heterocycles. The van der Waals surface area contributed by atoms with Crippen LogP contribution in [0.5, 0.6) is 34.5 Å². The van der Waals surface area contributed by atoms with Gasteiger partial charge in [0.15, 0.2) is 23.0 Å². The third kappa shape index (κ3) is 3.26. The van der Waals surface area contributed by atoms with E-state index in [-0.39, 0.29) is 35.5 Å². The van der Waals surface area contributed by atoms with Crippen LogP contribution in [0.3, 0.4) is 0 Å². The molecule has 4 rings (SSSR count). The Morgan fingerprint density at radius 1 is 0.633 bits per heavy atom. The van der Waals surface area contributed by atoms with Crippen LogP contribution in [0.1, 0.15) is 23.3 Å². The lowest BCUT2D eigenvalue weighted by molar-refractivity contribution is 0.0190. The summed E-state index contributed by atoms with van der Waals surface area (Å²) in [6.07, 6.45) is -0.436. The predicted molar refractivity (Wildman–Crippen MR) is 107 cm³/mol. The fourth-order valence-corrected chi connectivity index (χ4v) is 4.39. The van der Waals surface area contributed by atoms with Gasteiger partial charge in [-0.05, 0) is 35.4 Å². The average molecular weight is 418 g/mol. The second kappa shape index (κ2) is 8.12. The molecule has 2 saturated heterocycles. The van der Waals surface area contributed by atoms with Crippen LogP contribution in [0.15, 0.2) is 24.3 Å². The maximum atomic E-state index is 10.2. The van der Waals surface area contributed by atoms with Crippen molar-refractivity contribution < 1.29 is 38.6 Å². The number of aromatic hydroxyl groups is 2. The normalized spacial score (nSPS) is 25.1. The van der Waals surface area contributed by atoms with Crippen LogP contribution in [0.4, 0.5) is 0 Å². The molecule has 2 fully saturated rings. The number of ether oxygens (including phenoxy) is 6. The van der Waals surface area contributed by atoms with Gasteiger partial charge in [0.25, 0.3) is 0 Å². The van der Waals surface area contributed by atoms with E-state index in [1.54, 1.807) is 24.3 Å². The highest BCUT2D eigenvalue weighted by atomic mass is 16.5. The van der Waals surface area contributed by atoms with E-state index in [4.69, 9.17) is 28.4 Å². The Morgan fingerprint density at radius 3 is 1.20 bits per heavy atom. The highest BCUT2D eigenvalue weighted by molar-refractivity contribution is 5.54. The summed E-state index contributed by atoms with van der Waals surface area (Å²) in [4.78, 5) is 0. The summed E-state index contributed by atoms with van der Waals surface area (Å²) in [5.41, 5.74) is 1.72. The minimum absolute atomic E-state index is 0.0397. The third-order valence-electron chi connectivity index (χ3n) is 5.93. The Kier molecular flexibility index (Phi) is 5.53. The number of phenols is 2. The number of hydrogen-bond donors (Lipinski definition) is 2. The zero-order valence-corrected chi connectivity index (χ0v) is 17.4. The SMILES string of the molecule is COc1cc([C@H]2OC[C@H]3[C@@H]2CO[C@H]3c2cc(OC)c(O)c(OC)c2)cc(OC)c1O. The van der Waals surface area contributed by atoms with Crippen molar-refractivity contribution in [1.29, 1.82) is 0 Å². The first-order chi connectivity index (χ1) is 14.5. The van der Waals surface area contributed by atoms with Crippen LogP contribution in [-0.2, 0) is 9.47 Å². The van der Waals surface area contributed by atoms with Crippen LogP contribution in [0.25, 0.3) is 0 Å². The molecule has 0 radical (unpaired) electrons. The van der Waals surface area contributed by atoms with Gasteiger partial charge in [0.05, 0.1) is 53.9 Å². The lowest BCUT2D eigenvalue weighted by Crippen LogP contribution is -2.15. The maximum Gasteiger partial charge on any atom is 0.200 e. The number of fused-ring (bicyclic) bond motifs is 1. The third-order valence-corrected chi connectivity index (χ3v) is 5.93. The maximum absolute atomic E-state index is 10.2. The van der Waals surface area contributed by atoms with Crippen LogP contribution < -0.4 is 18.9 Å². The van der Waals surface area contributed by atoms with Gasteiger partial charge < -0.3 is 38.6 Å². The number of methoxy groups -OCH3 is 4. The number of benzene rings is 2. The van der Waals surface area contributed by atoms with E-state index < -0.39 is 0 Å². The van der Waals surface area contributed by atoms with Gasteiger partial charge in [0, 0.05) is 11.8 Å². The first-order valence-corrected chi connectivity index (χ1v) is 9.65. The molecule has 2 aliphatic heterocycles. The Balaban J connectivity index is 1.63. The number of phenolic OH excluding ortho intramolecular Hbond substituents is 2. The summed E-state index contributed by atoms with van der Waals surface area (Å²) in [6, 6.07) is 7.07. The van der Waals surface area contributed by atoms with E-state index >= 15 is 0 Å².